The van der Waals surface area contributed by atoms with Crippen molar-refractivity contribution in [1.29, 1.82) is 0 Å². The second-order valence-corrected chi connectivity index (χ2v) is 4.87. The summed E-state index contributed by atoms with van der Waals surface area (Å²) in [5, 5.41) is 20.3. The third-order valence-electron chi connectivity index (χ3n) is 2.96. The molecule has 0 aliphatic rings. The van der Waals surface area contributed by atoms with E-state index in [2.05, 4.69) is 15.3 Å². The highest BCUT2D eigenvalue weighted by molar-refractivity contribution is 7.71. The lowest BCUT2D eigenvalue weighted by atomic mass is 10.2. The minimum atomic E-state index is -0.412. The summed E-state index contributed by atoms with van der Waals surface area (Å²) in [5.41, 5.74) is 0.977. The van der Waals surface area contributed by atoms with Crippen LogP contribution in [-0.4, -0.2) is 26.2 Å². The zero-order chi connectivity index (χ0) is 15.5. The van der Waals surface area contributed by atoms with E-state index < -0.39 is 5.82 Å². The van der Waals surface area contributed by atoms with Crippen LogP contribution >= 0.6 is 12.2 Å². The average molecular weight is 314 g/mol. The van der Waals surface area contributed by atoms with Crippen LogP contribution in [0.25, 0.3) is 11.4 Å². The molecule has 0 aliphatic heterocycles. The highest BCUT2D eigenvalue weighted by Gasteiger charge is 2.12. The molecule has 7 heteroatoms. The van der Waals surface area contributed by atoms with Gasteiger partial charge >= 0.3 is 0 Å². The molecular formula is C15H11FN4OS. The van der Waals surface area contributed by atoms with E-state index in [4.69, 9.17) is 12.2 Å². The number of hydrogen-bond donors (Lipinski definition) is 2. The normalized spacial score (nSPS) is 11.1. The van der Waals surface area contributed by atoms with Gasteiger partial charge in [-0.05, 0) is 42.0 Å². The van der Waals surface area contributed by atoms with Gasteiger partial charge in [-0.3, -0.25) is 0 Å². The van der Waals surface area contributed by atoms with Crippen molar-refractivity contribution < 1.29 is 9.50 Å². The Hall–Kier alpha value is -2.80. The van der Waals surface area contributed by atoms with Crippen molar-refractivity contribution in [3.8, 4) is 17.1 Å². The molecule has 5 nitrogen and oxygen atoms in total. The van der Waals surface area contributed by atoms with Crippen molar-refractivity contribution in [2.24, 2.45) is 5.10 Å². The first-order valence-corrected chi connectivity index (χ1v) is 6.81. The van der Waals surface area contributed by atoms with Crippen LogP contribution in [0.3, 0.4) is 0 Å². The molecule has 2 aromatic carbocycles. The number of nitrogens with one attached hydrogen (secondary N) is 1. The molecule has 3 aromatic rings. The Bertz CT molecular complexity index is 900. The fraction of sp³-hybridized carbons (Fsp3) is 0. The second kappa shape index (κ2) is 5.90. The number of rotatable bonds is 3. The molecule has 0 aliphatic carbocycles. The van der Waals surface area contributed by atoms with Crippen molar-refractivity contribution in [3.05, 3.63) is 64.7 Å². The first-order valence-electron chi connectivity index (χ1n) is 6.41. The van der Waals surface area contributed by atoms with E-state index in [-0.39, 0.29) is 16.3 Å². The van der Waals surface area contributed by atoms with Gasteiger partial charge in [0, 0.05) is 0 Å². The number of nitrogens with zero attached hydrogens (tertiary/aromatic N) is 3. The summed E-state index contributed by atoms with van der Waals surface area (Å²) in [6.07, 6.45) is 1.51. The van der Waals surface area contributed by atoms with E-state index in [0.29, 0.717) is 11.1 Å². The Balaban J connectivity index is 2.04. The summed E-state index contributed by atoms with van der Waals surface area (Å²) >= 11 is 5.12. The molecule has 0 fully saturated rings. The summed E-state index contributed by atoms with van der Waals surface area (Å²) in [6, 6.07) is 12.8. The maximum atomic E-state index is 13.9. The smallest absolute Gasteiger partial charge is 0.216 e. The maximum absolute atomic E-state index is 13.9. The lowest BCUT2D eigenvalue weighted by Gasteiger charge is -2.02. The molecule has 3 rings (SSSR count). The molecule has 0 bridgehead atoms. The number of aromatic amines is 1. The lowest BCUT2D eigenvalue weighted by molar-refractivity contribution is 0.475. The molecular weight excluding hydrogens is 303 g/mol. The van der Waals surface area contributed by atoms with Crippen LogP contribution in [0.2, 0.25) is 0 Å². The first-order chi connectivity index (χ1) is 10.6. The lowest BCUT2D eigenvalue weighted by Crippen LogP contribution is -1.96. The van der Waals surface area contributed by atoms with Gasteiger partial charge in [-0.2, -0.15) is 14.9 Å². The van der Waals surface area contributed by atoms with Crippen molar-refractivity contribution in [1.82, 2.24) is 14.9 Å². The number of phenols is 1. The fourth-order valence-electron chi connectivity index (χ4n) is 1.95. The summed E-state index contributed by atoms with van der Waals surface area (Å²) in [5.74, 6) is -0.00104. The average Bonchev–Trinajstić information content (AvgIpc) is 2.87. The number of phenolic OH excluding ortho intramolecular Hbond substituents is 1. The molecule has 0 spiro atoms. The van der Waals surface area contributed by atoms with Gasteiger partial charge in [-0.25, -0.2) is 9.49 Å². The van der Waals surface area contributed by atoms with Crippen LogP contribution in [0, 0.1) is 10.6 Å². The van der Waals surface area contributed by atoms with Crippen LogP contribution in [-0.2, 0) is 0 Å². The molecule has 0 radical (unpaired) electrons. The molecule has 110 valence electrons. The number of benzene rings is 2. The Morgan fingerprint density at radius 3 is 2.82 bits per heavy atom. The van der Waals surface area contributed by atoms with E-state index in [1.807, 2.05) is 0 Å². The van der Waals surface area contributed by atoms with E-state index in [0.717, 1.165) is 0 Å². The molecule has 1 heterocycles. The van der Waals surface area contributed by atoms with Gasteiger partial charge in [0.1, 0.15) is 11.6 Å². The van der Waals surface area contributed by atoms with E-state index in [1.54, 1.807) is 42.5 Å². The summed E-state index contributed by atoms with van der Waals surface area (Å²) in [7, 11) is 0. The van der Waals surface area contributed by atoms with Crippen molar-refractivity contribution in [2.75, 3.05) is 0 Å². The minimum absolute atomic E-state index is 0.133. The Morgan fingerprint density at radius 2 is 2.05 bits per heavy atom. The monoisotopic (exact) mass is 314 g/mol. The number of halogens is 1. The van der Waals surface area contributed by atoms with Gasteiger partial charge in [0.15, 0.2) is 5.82 Å². The topological polar surface area (TPSA) is 66.2 Å². The molecule has 1 aromatic heterocycles. The van der Waals surface area contributed by atoms with Crippen LogP contribution in [0.5, 0.6) is 5.75 Å². The predicted molar refractivity (Wildman–Crippen MR) is 83.9 cm³/mol. The molecule has 0 unspecified atom stereocenters. The quantitative estimate of drug-likeness (QED) is 0.575. The van der Waals surface area contributed by atoms with Crippen LogP contribution < -0.4 is 0 Å². The SMILES string of the molecule is Oc1cccc(C=Nn2c(-c3ccccc3F)n[nH]c2=S)c1. The predicted octanol–water partition coefficient (Wildman–Crippen LogP) is 3.33. The van der Waals surface area contributed by atoms with E-state index in [1.165, 1.54) is 17.0 Å². The van der Waals surface area contributed by atoms with Crippen molar-refractivity contribution in [2.45, 2.75) is 0 Å². The summed E-state index contributed by atoms with van der Waals surface area (Å²) in [4.78, 5) is 0. The standard InChI is InChI=1S/C15H11FN4OS/c16-13-7-2-1-6-12(13)14-18-19-15(22)20(14)17-9-10-4-3-5-11(21)8-10/h1-9,21H,(H,19,22). The zero-order valence-electron chi connectivity index (χ0n) is 11.3. The molecule has 22 heavy (non-hydrogen) atoms. The van der Waals surface area contributed by atoms with Crippen molar-refractivity contribution >= 4 is 18.4 Å². The Labute approximate surface area is 130 Å². The number of aromatic hydroxyl groups is 1. The Morgan fingerprint density at radius 1 is 1.23 bits per heavy atom. The largest absolute Gasteiger partial charge is 0.508 e. The molecule has 0 amide bonds. The summed E-state index contributed by atoms with van der Waals surface area (Å²) in [6.45, 7) is 0. The van der Waals surface area contributed by atoms with Gasteiger partial charge < -0.3 is 5.11 Å². The van der Waals surface area contributed by atoms with Gasteiger partial charge in [0.2, 0.25) is 4.77 Å². The van der Waals surface area contributed by atoms with Gasteiger partial charge in [0.25, 0.3) is 0 Å². The van der Waals surface area contributed by atoms with Crippen LogP contribution in [0.15, 0.2) is 53.6 Å². The van der Waals surface area contributed by atoms with Crippen LogP contribution in [0.4, 0.5) is 4.39 Å². The van der Waals surface area contributed by atoms with Gasteiger partial charge in [-0.15, -0.1) is 0 Å². The summed E-state index contributed by atoms with van der Waals surface area (Å²) < 4.78 is 15.5. The minimum Gasteiger partial charge on any atom is -0.508 e. The first kappa shape index (κ1) is 14.2. The highest BCUT2D eigenvalue weighted by atomic mass is 32.1. The third kappa shape index (κ3) is 2.79. The second-order valence-electron chi connectivity index (χ2n) is 4.48. The molecule has 0 saturated carbocycles. The van der Waals surface area contributed by atoms with Gasteiger partial charge in [0.05, 0.1) is 11.8 Å². The fourth-order valence-corrected chi connectivity index (χ4v) is 2.12. The highest BCUT2D eigenvalue weighted by Crippen LogP contribution is 2.20. The maximum Gasteiger partial charge on any atom is 0.216 e. The number of hydrogen-bond acceptors (Lipinski definition) is 4. The number of aromatic nitrogens is 3. The van der Waals surface area contributed by atoms with Gasteiger partial charge in [-0.1, -0.05) is 24.3 Å². The van der Waals surface area contributed by atoms with Crippen molar-refractivity contribution in [3.63, 3.8) is 0 Å². The van der Waals surface area contributed by atoms with Crippen LogP contribution in [0.1, 0.15) is 5.56 Å². The van der Waals surface area contributed by atoms with E-state index >= 15 is 0 Å². The van der Waals surface area contributed by atoms with E-state index in [9.17, 15) is 9.50 Å². The molecule has 2 N–H and O–H groups in total. The number of H-pyrrole nitrogens is 1. The zero-order valence-corrected chi connectivity index (χ0v) is 12.1. The Kier molecular flexibility index (Phi) is 3.80. The molecule has 0 saturated heterocycles. The third-order valence-corrected chi connectivity index (χ3v) is 3.22. The molecule has 0 atom stereocenters.